The van der Waals surface area contributed by atoms with Crippen LogP contribution in [0.3, 0.4) is 0 Å². The summed E-state index contributed by atoms with van der Waals surface area (Å²) < 4.78 is 11.2. The van der Waals surface area contributed by atoms with Crippen LogP contribution in [0.2, 0.25) is 5.02 Å². The molecule has 0 unspecified atom stereocenters. The van der Waals surface area contributed by atoms with Crippen LogP contribution >= 0.6 is 11.6 Å². The predicted molar refractivity (Wildman–Crippen MR) is 117 cm³/mol. The Balaban J connectivity index is 1.52. The maximum Gasteiger partial charge on any atom is 0.339 e. The van der Waals surface area contributed by atoms with Gasteiger partial charge in [0, 0.05) is 21.7 Å². The van der Waals surface area contributed by atoms with E-state index in [1.165, 1.54) is 0 Å². The van der Waals surface area contributed by atoms with Crippen LogP contribution in [0.1, 0.15) is 37.7 Å². The van der Waals surface area contributed by atoms with E-state index >= 15 is 0 Å². The van der Waals surface area contributed by atoms with Gasteiger partial charge in [-0.3, -0.25) is 4.79 Å². The van der Waals surface area contributed by atoms with E-state index in [-0.39, 0.29) is 23.5 Å². The Kier molecular flexibility index (Phi) is 5.96. The molecular weight excluding hydrogens is 414 g/mol. The summed E-state index contributed by atoms with van der Waals surface area (Å²) in [5.41, 5.74) is 2.24. The Morgan fingerprint density at radius 2 is 1.55 bits per heavy atom. The van der Waals surface area contributed by atoms with Gasteiger partial charge in [-0.15, -0.1) is 0 Å². The van der Waals surface area contributed by atoms with E-state index in [0.29, 0.717) is 27.9 Å². The lowest BCUT2D eigenvalue weighted by Gasteiger charge is -2.09. The van der Waals surface area contributed by atoms with Crippen molar-refractivity contribution >= 4 is 23.4 Å². The summed E-state index contributed by atoms with van der Waals surface area (Å²) in [6, 6.07) is 22.5. The number of aryl methyl sites for hydroxylation is 1. The minimum absolute atomic E-state index is 0.0650. The Labute approximate surface area is 184 Å². The fourth-order valence-corrected chi connectivity index (χ4v) is 3.22. The molecule has 0 fully saturated rings. The smallest absolute Gasteiger partial charge is 0.339 e. The largest absolute Gasteiger partial charge is 0.455 e. The number of ether oxygens (including phenoxy) is 1. The highest BCUT2D eigenvalue weighted by Crippen LogP contribution is 2.23. The standard InChI is InChI=1S/C25H18ClNO4/c1-16-22(27-24(31-16)18-7-3-2-4-8-18)15-30-25(29)21-10-6-5-9-20(21)23(28)17-11-13-19(26)14-12-17/h2-14H,15H2,1H3. The average molecular weight is 432 g/mol. The molecule has 6 heteroatoms. The van der Waals surface area contributed by atoms with Crippen LogP contribution in [0.25, 0.3) is 11.5 Å². The fourth-order valence-electron chi connectivity index (χ4n) is 3.09. The van der Waals surface area contributed by atoms with Crippen molar-refractivity contribution in [2.75, 3.05) is 0 Å². The average Bonchev–Trinajstić information content (AvgIpc) is 3.18. The van der Waals surface area contributed by atoms with Crippen molar-refractivity contribution in [2.24, 2.45) is 0 Å². The van der Waals surface area contributed by atoms with E-state index < -0.39 is 5.97 Å². The number of oxazole rings is 1. The Morgan fingerprint density at radius 1 is 0.903 bits per heavy atom. The zero-order chi connectivity index (χ0) is 21.8. The Hall–Kier alpha value is -3.70. The molecule has 0 radical (unpaired) electrons. The second-order valence-corrected chi connectivity index (χ2v) is 7.28. The first-order valence-electron chi connectivity index (χ1n) is 9.61. The maximum absolute atomic E-state index is 12.9. The molecule has 0 amide bonds. The monoisotopic (exact) mass is 431 g/mol. The summed E-state index contributed by atoms with van der Waals surface area (Å²) in [5.74, 6) is 0.134. The molecule has 0 saturated heterocycles. The van der Waals surface area contributed by atoms with Gasteiger partial charge in [-0.1, -0.05) is 48.0 Å². The number of halogens is 1. The third-order valence-corrected chi connectivity index (χ3v) is 5.00. The van der Waals surface area contributed by atoms with E-state index in [0.717, 1.165) is 5.56 Å². The van der Waals surface area contributed by atoms with Gasteiger partial charge in [0.2, 0.25) is 5.89 Å². The van der Waals surface area contributed by atoms with E-state index in [4.69, 9.17) is 20.8 Å². The summed E-state index contributed by atoms with van der Waals surface area (Å²) >= 11 is 5.90. The van der Waals surface area contributed by atoms with Crippen LogP contribution in [0, 0.1) is 6.92 Å². The molecule has 31 heavy (non-hydrogen) atoms. The van der Waals surface area contributed by atoms with Crippen LogP contribution in [-0.4, -0.2) is 16.7 Å². The van der Waals surface area contributed by atoms with Gasteiger partial charge in [-0.25, -0.2) is 9.78 Å². The lowest BCUT2D eigenvalue weighted by Crippen LogP contribution is -2.13. The van der Waals surface area contributed by atoms with Gasteiger partial charge in [0.15, 0.2) is 5.78 Å². The van der Waals surface area contributed by atoms with Gasteiger partial charge in [0.1, 0.15) is 18.1 Å². The maximum atomic E-state index is 12.9. The third-order valence-electron chi connectivity index (χ3n) is 4.75. The van der Waals surface area contributed by atoms with Crippen LogP contribution in [0.4, 0.5) is 0 Å². The van der Waals surface area contributed by atoms with Crippen molar-refractivity contribution in [3.05, 3.63) is 112 Å². The third kappa shape index (κ3) is 4.57. The number of ketones is 1. The Morgan fingerprint density at radius 3 is 2.26 bits per heavy atom. The molecule has 3 aromatic carbocycles. The highest BCUT2D eigenvalue weighted by Gasteiger charge is 2.20. The summed E-state index contributed by atoms with van der Waals surface area (Å²) in [6.07, 6.45) is 0. The van der Waals surface area contributed by atoms with Gasteiger partial charge < -0.3 is 9.15 Å². The number of benzene rings is 3. The molecule has 154 valence electrons. The normalized spacial score (nSPS) is 10.6. The molecule has 0 N–H and O–H groups in total. The molecular formula is C25H18ClNO4. The fraction of sp³-hybridized carbons (Fsp3) is 0.0800. The van der Waals surface area contributed by atoms with Gasteiger partial charge >= 0.3 is 5.97 Å². The quantitative estimate of drug-likeness (QED) is 0.281. The van der Waals surface area contributed by atoms with Gasteiger partial charge in [-0.05, 0) is 49.4 Å². The second kappa shape index (κ2) is 8.98. The van der Waals surface area contributed by atoms with Crippen molar-refractivity contribution in [3.63, 3.8) is 0 Å². The molecule has 0 aliphatic carbocycles. The topological polar surface area (TPSA) is 69.4 Å². The van der Waals surface area contributed by atoms with E-state index in [9.17, 15) is 9.59 Å². The number of carbonyl (C=O) groups is 2. The molecule has 5 nitrogen and oxygen atoms in total. The number of rotatable bonds is 6. The predicted octanol–water partition coefficient (Wildman–Crippen LogP) is 5.89. The van der Waals surface area contributed by atoms with Gasteiger partial charge in [-0.2, -0.15) is 0 Å². The van der Waals surface area contributed by atoms with E-state index in [1.807, 2.05) is 30.3 Å². The zero-order valence-electron chi connectivity index (χ0n) is 16.7. The molecule has 0 atom stereocenters. The van der Waals surface area contributed by atoms with Crippen LogP contribution in [0.15, 0.2) is 83.3 Å². The molecule has 4 rings (SSSR count). The molecule has 0 aliphatic rings. The summed E-state index contributed by atoms with van der Waals surface area (Å²) in [5, 5.41) is 0.530. The molecule has 4 aromatic rings. The molecule has 0 spiro atoms. The van der Waals surface area contributed by atoms with Crippen LogP contribution in [0.5, 0.6) is 0 Å². The number of hydrogen-bond acceptors (Lipinski definition) is 5. The van der Waals surface area contributed by atoms with Crippen LogP contribution < -0.4 is 0 Å². The SMILES string of the molecule is Cc1oc(-c2ccccc2)nc1COC(=O)c1ccccc1C(=O)c1ccc(Cl)cc1. The number of nitrogens with zero attached hydrogens (tertiary/aromatic N) is 1. The van der Waals surface area contributed by atoms with Crippen molar-refractivity contribution in [3.8, 4) is 11.5 Å². The minimum atomic E-state index is -0.610. The van der Waals surface area contributed by atoms with Crippen molar-refractivity contribution in [1.82, 2.24) is 4.98 Å². The molecule has 0 aliphatic heterocycles. The van der Waals surface area contributed by atoms with Crippen LogP contribution in [-0.2, 0) is 11.3 Å². The lowest BCUT2D eigenvalue weighted by molar-refractivity contribution is 0.0464. The van der Waals surface area contributed by atoms with E-state index in [1.54, 1.807) is 55.5 Å². The summed E-state index contributed by atoms with van der Waals surface area (Å²) in [4.78, 5) is 30.1. The molecule has 1 heterocycles. The molecule has 0 bridgehead atoms. The second-order valence-electron chi connectivity index (χ2n) is 6.85. The first-order chi connectivity index (χ1) is 15.0. The highest BCUT2D eigenvalue weighted by atomic mass is 35.5. The number of hydrogen-bond donors (Lipinski definition) is 0. The first-order valence-corrected chi connectivity index (χ1v) is 9.99. The zero-order valence-corrected chi connectivity index (χ0v) is 17.4. The first kappa shape index (κ1) is 20.6. The van der Waals surface area contributed by atoms with Crippen molar-refractivity contribution in [1.29, 1.82) is 0 Å². The van der Waals surface area contributed by atoms with Crippen molar-refractivity contribution < 1.29 is 18.7 Å². The number of carbonyl (C=O) groups excluding carboxylic acids is 2. The van der Waals surface area contributed by atoms with Gasteiger partial charge in [0.25, 0.3) is 0 Å². The highest BCUT2D eigenvalue weighted by molar-refractivity contribution is 6.30. The van der Waals surface area contributed by atoms with Crippen molar-refractivity contribution in [2.45, 2.75) is 13.5 Å². The molecule has 0 saturated carbocycles. The Bertz CT molecular complexity index is 1230. The van der Waals surface area contributed by atoms with E-state index in [2.05, 4.69) is 4.98 Å². The number of aromatic nitrogens is 1. The summed E-state index contributed by atoms with van der Waals surface area (Å²) in [7, 11) is 0. The summed E-state index contributed by atoms with van der Waals surface area (Å²) in [6.45, 7) is 1.70. The minimum Gasteiger partial charge on any atom is -0.455 e. The van der Waals surface area contributed by atoms with Gasteiger partial charge in [0.05, 0.1) is 5.56 Å². The molecule has 1 aromatic heterocycles. The number of esters is 1. The lowest BCUT2D eigenvalue weighted by atomic mass is 9.98.